The molecule has 3 atom stereocenters. The summed E-state index contributed by atoms with van der Waals surface area (Å²) < 4.78 is 0. The van der Waals surface area contributed by atoms with Crippen molar-refractivity contribution in [2.45, 2.75) is 31.1 Å². The first kappa shape index (κ1) is 9.40. The van der Waals surface area contributed by atoms with Crippen molar-refractivity contribution in [3.8, 4) is 0 Å². The molecule has 3 N–H and O–H groups in total. The fourth-order valence-electron chi connectivity index (χ4n) is 2.02. The number of hydrogen-bond donors (Lipinski definition) is 3. The van der Waals surface area contributed by atoms with Gasteiger partial charge in [-0.25, -0.2) is 0 Å². The second kappa shape index (κ2) is 3.53. The third-order valence-corrected chi connectivity index (χ3v) is 3.06. The van der Waals surface area contributed by atoms with E-state index < -0.39 is 12.2 Å². The molecular weight excluding hydrogens is 170 g/mol. The van der Waals surface area contributed by atoms with E-state index in [1.165, 1.54) is 12.8 Å². The van der Waals surface area contributed by atoms with Gasteiger partial charge in [0.05, 0.1) is 24.9 Å². The van der Waals surface area contributed by atoms with Crippen molar-refractivity contribution in [2.75, 3.05) is 19.7 Å². The Morgan fingerprint density at radius 1 is 1.23 bits per heavy atom. The summed E-state index contributed by atoms with van der Waals surface area (Å²) in [6.45, 7) is 1.35. The fourth-order valence-corrected chi connectivity index (χ4v) is 2.02. The topological polar surface area (TPSA) is 63.9 Å². The molecule has 0 bridgehead atoms. The molecule has 76 valence electrons. The highest BCUT2D eigenvalue weighted by Gasteiger charge is 2.41. The summed E-state index contributed by atoms with van der Waals surface area (Å²) in [7, 11) is 0. The molecule has 1 aliphatic carbocycles. The lowest BCUT2D eigenvalue weighted by molar-refractivity contribution is 0.0213. The largest absolute Gasteiger partial charge is 0.395 e. The van der Waals surface area contributed by atoms with Crippen LogP contribution in [0.4, 0.5) is 0 Å². The van der Waals surface area contributed by atoms with Crippen molar-refractivity contribution in [1.82, 2.24) is 4.90 Å². The van der Waals surface area contributed by atoms with Crippen LogP contribution in [-0.2, 0) is 0 Å². The first-order chi connectivity index (χ1) is 6.22. The quantitative estimate of drug-likeness (QED) is 0.519. The SMILES string of the molecule is OCC1C(O)C(O)CN1CC1CC1. The first-order valence-electron chi connectivity index (χ1n) is 4.93. The molecule has 0 aromatic heterocycles. The van der Waals surface area contributed by atoms with E-state index >= 15 is 0 Å². The standard InChI is InChI=1S/C9H17NO3/c11-5-7-9(13)8(12)4-10(7)3-6-1-2-6/h6-9,11-13H,1-5H2. The maximum Gasteiger partial charge on any atom is 0.0988 e. The van der Waals surface area contributed by atoms with E-state index in [2.05, 4.69) is 0 Å². The third kappa shape index (κ3) is 1.86. The predicted octanol–water partition coefficient (Wildman–Crippen LogP) is -1.21. The number of nitrogens with zero attached hydrogens (tertiary/aromatic N) is 1. The van der Waals surface area contributed by atoms with E-state index in [0.29, 0.717) is 6.54 Å². The number of β-amino-alcohol motifs (C(OH)–C–C–N with tert-alkyl or cyclic N) is 1. The van der Waals surface area contributed by atoms with Crippen molar-refractivity contribution in [3.63, 3.8) is 0 Å². The summed E-state index contributed by atoms with van der Waals surface area (Å²) in [6, 6.07) is -0.254. The minimum atomic E-state index is -0.774. The molecule has 2 aliphatic rings. The summed E-state index contributed by atoms with van der Waals surface area (Å²) in [6.07, 6.45) is 1.04. The highest BCUT2D eigenvalue weighted by Crippen LogP contribution is 2.32. The van der Waals surface area contributed by atoms with Gasteiger partial charge in [0, 0.05) is 13.1 Å². The highest BCUT2D eigenvalue weighted by atomic mass is 16.3. The Bertz CT molecular complexity index is 182. The van der Waals surface area contributed by atoms with Crippen LogP contribution in [0.1, 0.15) is 12.8 Å². The predicted molar refractivity (Wildman–Crippen MR) is 47.2 cm³/mol. The molecule has 0 aromatic rings. The van der Waals surface area contributed by atoms with E-state index in [0.717, 1.165) is 12.5 Å². The lowest BCUT2D eigenvalue weighted by atomic mass is 10.1. The molecule has 0 amide bonds. The van der Waals surface area contributed by atoms with E-state index in [4.69, 9.17) is 5.11 Å². The molecule has 4 heteroatoms. The van der Waals surface area contributed by atoms with E-state index in [-0.39, 0.29) is 12.6 Å². The smallest absolute Gasteiger partial charge is 0.0988 e. The van der Waals surface area contributed by atoms with Crippen molar-refractivity contribution in [1.29, 1.82) is 0 Å². The van der Waals surface area contributed by atoms with Gasteiger partial charge in [-0.15, -0.1) is 0 Å². The molecule has 1 saturated carbocycles. The van der Waals surface area contributed by atoms with E-state index in [1.807, 2.05) is 4.90 Å². The molecule has 2 rings (SSSR count). The zero-order valence-electron chi connectivity index (χ0n) is 7.63. The molecule has 1 saturated heterocycles. The van der Waals surface area contributed by atoms with Crippen LogP contribution < -0.4 is 0 Å². The van der Waals surface area contributed by atoms with Crippen LogP contribution in [0.3, 0.4) is 0 Å². The Kier molecular flexibility index (Phi) is 2.55. The second-order valence-corrected chi connectivity index (χ2v) is 4.21. The Morgan fingerprint density at radius 2 is 1.92 bits per heavy atom. The fraction of sp³-hybridized carbons (Fsp3) is 1.00. The molecule has 4 nitrogen and oxygen atoms in total. The summed E-state index contributed by atoms with van der Waals surface area (Å²) in [4.78, 5) is 2.01. The monoisotopic (exact) mass is 187 g/mol. The summed E-state index contributed by atoms with van der Waals surface area (Å²) >= 11 is 0. The first-order valence-corrected chi connectivity index (χ1v) is 4.93. The molecule has 2 fully saturated rings. The second-order valence-electron chi connectivity index (χ2n) is 4.21. The Hall–Kier alpha value is -0.160. The molecular formula is C9H17NO3. The average Bonchev–Trinajstić information content (AvgIpc) is 2.84. The lowest BCUT2D eigenvalue weighted by Gasteiger charge is -2.23. The van der Waals surface area contributed by atoms with Gasteiger partial charge in [0.2, 0.25) is 0 Å². The van der Waals surface area contributed by atoms with Crippen molar-refractivity contribution in [3.05, 3.63) is 0 Å². The van der Waals surface area contributed by atoms with Crippen LogP contribution in [-0.4, -0.2) is 58.2 Å². The van der Waals surface area contributed by atoms with Crippen molar-refractivity contribution < 1.29 is 15.3 Å². The zero-order valence-corrected chi connectivity index (χ0v) is 7.63. The molecule has 0 aromatic carbocycles. The molecule has 0 spiro atoms. The Balaban J connectivity index is 1.92. The van der Waals surface area contributed by atoms with Gasteiger partial charge in [0.15, 0.2) is 0 Å². The maximum atomic E-state index is 9.51. The van der Waals surface area contributed by atoms with Crippen LogP contribution >= 0.6 is 0 Å². The Labute approximate surface area is 77.8 Å². The summed E-state index contributed by atoms with van der Waals surface area (Å²) in [5, 5.41) is 28.0. The number of aliphatic hydroxyl groups is 3. The number of hydrogen-bond acceptors (Lipinski definition) is 4. The van der Waals surface area contributed by atoms with Crippen LogP contribution in [0.15, 0.2) is 0 Å². The van der Waals surface area contributed by atoms with Gasteiger partial charge in [0.1, 0.15) is 0 Å². The maximum absolute atomic E-state index is 9.51. The highest BCUT2D eigenvalue weighted by molar-refractivity contribution is 4.94. The summed E-state index contributed by atoms with van der Waals surface area (Å²) in [5.74, 6) is 0.728. The van der Waals surface area contributed by atoms with Crippen molar-refractivity contribution >= 4 is 0 Å². The van der Waals surface area contributed by atoms with Gasteiger partial charge in [-0.1, -0.05) is 0 Å². The van der Waals surface area contributed by atoms with Gasteiger partial charge >= 0.3 is 0 Å². The van der Waals surface area contributed by atoms with Gasteiger partial charge in [-0.2, -0.15) is 0 Å². The van der Waals surface area contributed by atoms with Gasteiger partial charge in [-0.3, -0.25) is 4.90 Å². The van der Waals surface area contributed by atoms with Crippen LogP contribution in [0.5, 0.6) is 0 Å². The van der Waals surface area contributed by atoms with E-state index in [1.54, 1.807) is 0 Å². The zero-order chi connectivity index (χ0) is 9.42. The lowest BCUT2D eigenvalue weighted by Crippen LogP contribution is -2.39. The van der Waals surface area contributed by atoms with Gasteiger partial charge < -0.3 is 15.3 Å². The number of likely N-dealkylation sites (tertiary alicyclic amines) is 1. The van der Waals surface area contributed by atoms with Crippen molar-refractivity contribution in [2.24, 2.45) is 5.92 Å². The number of aliphatic hydroxyl groups excluding tert-OH is 3. The normalized spacial score (nSPS) is 41.3. The average molecular weight is 187 g/mol. The van der Waals surface area contributed by atoms with Gasteiger partial charge in [0.25, 0.3) is 0 Å². The molecule has 3 unspecified atom stereocenters. The molecule has 13 heavy (non-hydrogen) atoms. The minimum Gasteiger partial charge on any atom is -0.395 e. The number of rotatable bonds is 3. The van der Waals surface area contributed by atoms with E-state index in [9.17, 15) is 10.2 Å². The van der Waals surface area contributed by atoms with Gasteiger partial charge in [-0.05, 0) is 18.8 Å². The minimum absolute atomic E-state index is 0.0645. The molecule has 0 radical (unpaired) electrons. The van der Waals surface area contributed by atoms with Crippen LogP contribution in [0.25, 0.3) is 0 Å². The molecule has 1 heterocycles. The van der Waals surface area contributed by atoms with Crippen LogP contribution in [0.2, 0.25) is 0 Å². The summed E-state index contributed by atoms with van der Waals surface area (Å²) in [5.41, 5.74) is 0. The van der Waals surface area contributed by atoms with Crippen LogP contribution in [0, 0.1) is 5.92 Å². The Morgan fingerprint density at radius 3 is 2.46 bits per heavy atom. The third-order valence-electron chi connectivity index (χ3n) is 3.06. The molecule has 1 aliphatic heterocycles.